The van der Waals surface area contributed by atoms with Crippen LogP contribution in [0.5, 0.6) is 0 Å². The third-order valence-corrected chi connectivity index (χ3v) is 4.84. The number of likely N-dealkylation sites (tertiary alicyclic amines) is 1. The summed E-state index contributed by atoms with van der Waals surface area (Å²) in [6.45, 7) is 4.99. The molecule has 3 rings (SSSR count). The summed E-state index contributed by atoms with van der Waals surface area (Å²) in [5, 5.41) is 3.90. The highest BCUT2D eigenvalue weighted by Crippen LogP contribution is 2.26. The van der Waals surface area contributed by atoms with E-state index in [1.54, 1.807) is 14.0 Å². The molecule has 0 radical (unpaired) electrons. The first kappa shape index (κ1) is 16.7. The molecular formula is C19H24N2O3. The second-order valence-electron chi connectivity index (χ2n) is 6.46. The van der Waals surface area contributed by atoms with E-state index in [4.69, 9.17) is 9.26 Å². The molecule has 0 N–H and O–H groups in total. The maximum atomic E-state index is 12.9. The van der Waals surface area contributed by atoms with E-state index in [9.17, 15) is 4.79 Å². The minimum atomic E-state index is 0.0128. The van der Waals surface area contributed by atoms with Crippen LogP contribution in [-0.2, 0) is 11.2 Å². The number of carbonyl (C=O) groups is 1. The zero-order chi connectivity index (χ0) is 17.1. The number of amides is 1. The Morgan fingerprint density at radius 1 is 1.33 bits per heavy atom. The molecule has 2 aromatic rings. The SMILES string of the molecule is CO[C@@H]1CCN(C(=O)c2c(C)noc2C)C[C@@H]1Cc1ccccc1. The third kappa shape index (κ3) is 3.36. The molecule has 0 saturated carbocycles. The Labute approximate surface area is 142 Å². The molecule has 2 heterocycles. The fraction of sp³-hybridized carbons (Fsp3) is 0.474. The van der Waals surface area contributed by atoms with E-state index < -0.39 is 0 Å². The molecule has 1 aromatic heterocycles. The second kappa shape index (κ2) is 7.18. The third-order valence-electron chi connectivity index (χ3n) is 4.84. The molecule has 1 saturated heterocycles. The van der Waals surface area contributed by atoms with E-state index in [2.05, 4.69) is 17.3 Å². The van der Waals surface area contributed by atoms with E-state index in [-0.39, 0.29) is 17.9 Å². The molecule has 2 atom stereocenters. The maximum Gasteiger partial charge on any atom is 0.259 e. The van der Waals surface area contributed by atoms with Gasteiger partial charge < -0.3 is 14.2 Å². The summed E-state index contributed by atoms with van der Waals surface area (Å²) in [7, 11) is 1.76. The van der Waals surface area contributed by atoms with Gasteiger partial charge in [-0.2, -0.15) is 0 Å². The predicted molar refractivity (Wildman–Crippen MR) is 90.9 cm³/mol. The number of methoxy groups -OCH3 is 1. The summed E-state index contributed by atoms with van der Waals surface area (Å²) in [4.78, 5) is 14.8. The van der Waals surface area contributed by atoms with Crippen LogP contribution >= 0.6 is 0 Å². The number of carbonyl (C=O) groups excluding carboxylic acids is 1. The molecule has 128 valence electrons. The summed E-state index contributed by atoms with van der Waals surface area (Å²) in [6.07, 6.45) is 1.94. The Morgan fingerprint density at radius 2 is 2.08 bits per heavy atom. The number of hydrogen-bond donors (Lipinski definition) is 0. The van der Waals surface area contributed by atoms with Crippen LogP contribution in [0.25, 0.3) is 0 Å². The summed E-state index contributed by atoms with van der Waals surface area (Å²) in [6, 6.07) is 10.4. The lowest BCUT2D eigenvalue weighted by Gasteiger charge is -2.38. The number of hydrogen-bond acceptors (Lipinski definition) is 4. The Balaban J connectivity index is 1.76. The summed E-state index contributed by atoms with van der Waals surface area (Å²) < 4.78 is 10.8. The van der Waals surface area contributed by atoms with Crippen molar-refractivity contribution in [1.29, 1.82) is 0 Å². The molecule has 1 aliphatic heterocycles. The van der Waals surface area contributed by atoms with Gasteiger partial charge in [0, 0.05) is 26.1 Å². The number of ether oxygens (including phenoxy) is 1. The van der Waals surface area contributed by atoms with Crippen LogP contribution in [-0.4, -0.2) is 42.3 Å². The monoisotopic (exact) mass is 328 g/mol. The smallest absolute Gasteiger partial charge is 0.259 e. The van der Waals surface area contributed by atoms with Crippen LogP contribution in [0.4, 0.5) is 0 Å². The largest absolute Gasteiger partial charge is 0.381 e. The summed E-state index contributed by atoms with van der Waals surface area (Å²) in [5.74, 6) is 0.889. The van der Waals surface area contributed by atoms with Gasteiger partial charge in [-0.3, -0.25) is 4.79 Å². The van der Waals surface area contributed by atoms with Gasteiger partial charge in [-0.1, -0.05) is 35.5 Å². The van der Waals surface area contributed by atoms with Crippen molar-refractivity contribution in [3.8, 4) is 0 Å². The van der Waals surface area contributed by atoms with Gasteiger partial charge in [0.1, 0.15) is 11.3 Å². The number of piperidine rings is 1. The van der Waals surface area contributed by atoms with Gasteiger partial charge in [-0.15, -0.1) is 0 Å². The highest BCUT2D eigenvalue weighted by atomic mass is 16.5. The van der Waals surface area contributed by atoms with Gasteiger partial charge in [-0.05, 0) is 32.3 Å². The van der Waals surface area contributed by atoms with E-state index in [1.165, 1.54) is 5.56 Å². The molecular weight excluding hydrogens is 304 g/mol. The molecule has 0 spiro atoms. The van der Waals surface area contributed by atoms with E-state index >= 15 is 0 Å². The van der Waals surface area contributed by atoms with Crippen LogP contribution in [0.3, 0.4) is 0 Å². The van der Waals surface area contributed by atoms with Gasteiger partial charge >= 0.3 is 0 Å². The van der Waals surface area contributed by atoms with Crippen molar-refractivity contribution in [2.24, 2.45) is 5.92 Å². The average molecular weight is 328 g/mol. The summed E-state index contributed by atoms with van der Waals surface area (Å²) in [5.41, 5.74) is 2.53. The van der Waals surface area contributed by atoms with E-state index in [0.29, 0.717) is 30.1 Å². The lowest BCUT2D eigenvalue weighted by molar-refractivity contribution is -0.00305. The molecule has 0 bridgehead atoms. The molecule has 1 amide bonds. The fourth-order valence-electron chi connectivity index (χ4n) is 3.56. The predicted octanol–water partition coefficient (Wildman–Crippen LogP) is 3.01. The van der Waals surface area contributed by atoms with Crippen molar-refractivity contribution in [2.75, 3.05) is 20.2 Å². The summed E-state index contributed by atoms with van der Waals surface area (Å²) >= 11 is 0. The van der Waals surface area contributed by atoms with Crippen LogP contribution in [0.1, 0.15) is 33.8 Å². The average Bonchev–Trinajstić information content (AvgIpc) is 2.94. The Hall–Kier alpha value is -2.14. The van der Waals surface area contributed by atoms with Crippen LogP contribution in [0.2, 0.25) is 0 Å². The van der Waals surface area contributed by atoms with Crippen molar-refractivity contribution in [3.63, 3.8) is 0 Å². The van der Waals surface area contributed by atoms with Crippen molar-refractivity contribution in [1.82, 2.24) is 10.1 Å². The first-order valence-corrected chi connectivity index (χ1v) is 8.39. The van der Waals surface area contributed by atoms with E-state index in [0.717, 1.165) is 12.8 Å². The zero-order valence-electron chi connectivity index (χ0n) is 14.5. The van der Waals surface area contributed by atoms with Crippen molar-refractivity contribution in [3.05, 3.63) is 52.9 Å². The molecule has 5 heteroatoms. The standard InChI is InChI=1S/C19H24N2O3/c1-13-18(14(2)24-20-13)19(22)21-10-9-17(23-3)16(12-21)11-15-7-5-4-6-8-15/h4-8,16-17H,9-12H2,1-3H3/t16-,17+/m0/s1. The molecule has 1 fully saturated rings. The van der Waals surface area contributed by atoms with Gasteiger partial charge in [0.05, 0.1) is 11.8 Å². The Kier molecular flexibility index (Phi) is 5.00. The Morgan fingerprint density at radius 3 is 2.71 bits per heavy atom. The fourth-order valence-corrected chi connectivity index (χ4v) is 3.56. The topological polar surface area (TPSA) is 55.6 Å². The molecule has 0 unspecified atom stereocenters. The van der Waals surface area contributed by atoms with Gasteiger partial charge in [-0.25, -0.2) is 0 Å². The number of benzene rings is 1. The molecule has 0 aliphatic carbocycles. The number of aromatic nitrogens is 1. The zero-order valence-corrected chi connectivity index (χ0v) is 14.5. The van der Waals surface area contributed by atoms with Crippen molar-refractivity contribution < 1.29 is 14.1 Å². The van der Waals surface area contributed by atoms with Crippen molar-refractivity contribution >= 4 is 5.91 Å². The van der Waals surface area contributed by atoms with Gasteiger partial charge in [0.2, 0.25) is 0 Å². The highest BCUT2D eigenvalue weighted by Gasteiger charge is 2.33. The molecule has 1 aliphatic rings. The Bertz CT molecular complexity index is 676. The molecule has 1 aromatic carbocycles. The van der Waals surface area contributed by atoms with E-state index in [1.807, 2.05) is 30.0 Å². The van der Waals surface area contributed by atoms with Crippen molar-refractivity contribution in [2.45, 2.75) is 32.8 Å². The molecule has 5 nitrogen and oxygen atoms in total. The molecule has 24 heavy (non-hydrogen) atoms. The van der Waals surface area contributed by atoms with Crippen LogP contribution in [0, 0.1) is 19.8 Å². The van der Waals surface area contributed by atoms with Crippen LogP contribution < -0.4 is 0 Å². The maximum absolute atomic E-state index is 12.9. The first-order valence-electron chi connectivity index (χ1n) is 8.39. The number of aryl methyl sites for hydroxylation is 2. The lowest BCUT2D eigenvalue weighted by Crippen LogP contribution is -2.47. The first-order chi connectivity index (χ1) is 11.6. The van der Waals surface area contributed by atoms with Gasteiger partial charge in [0.25, 0.3) is 5.91 Å². The highest BCUT2D eigenvalue weighted by molar-refractivity contribution is 5.96. The van der Waals surface area contributed by atoms with Gasteiger partial charge in [0.15, 0.2) is 0 Å². The number of rotatable bonds is 4. The minimum Gasteiger partial charge on any atom is -0.381 e. The number of nitrogens with zero attached hydrogens (tertiary/aromatic N) is 2. The van der Waals surface area contributed by atoms with Crippen LogP contribution in [0.15, 0.2) is 34.9 Å². The quantitative estimate of drug-likeness (QED) is 0.866. The second-order valence-corrected chi connectivity index (χ2v) is 6.46. The normalized spacial score (nSPS) is 21.0. The lowest BCUT2D eigenvalue weighted by atomic mass is 9.88. The minimum absolute atomic E-state index is 0.0128.